The first kappa shape index (κ1) is 38.4. The van der Waals surface area contributed by atoms with Gasteiger partial charge < -0.3 is 8.97 Å². The smallest absolute Gasteiger partial charge is 0.0630 e. The highest BCUT2D eigenvalue weighted by Crippen LogP contribution is 2.61. The van der Waals surface area contributed by atoms with Crippen molar-refractivity contribution in [3.05, 3.63) is 198 Å². The minimum absolute atomic E-state index is 0.0177. The summed E-state index contributed by atoms with van der Waals surface area (Å²) in [7, 11) is 0. The van der Waals surface area contributed by atoms with E-state index in [1.54, 1.807) is 0 Å². The zero-order chi connectivity index (χ0) is 45.5. The van der Waals surface area contributed by atoms with Crippen molar-refractivity contribution in [1.82, 2.24) is 8.97 Å². The summed E-state index contributed by atoms with van der Waals surface area (Å²) >= 11 is 0. The lowest BCUT2D eigenvalue weighted by Gasteiger charge is -2.31. The molecule has 0 fully saturated rings. The highest BCUT2D eigenvalue weighted by Gasteiger charge is 2.44. The number of aromatic nitrogens is 2. The summed E-state index contributed by atoms with van der Waals surface area (Å²) in [6.45, 7) is 14.4. The molecule has 15 rings (SSSR count). The largest absolute Gasteiger partial charge is 0.311 e. The van der Waals surface area contributed by atoms with Crippen LogP contribution in [0.2, 0.25) is 0 Å². The van der Waals surface area contributed by atoms with Crippen molar-refractivity contribution in [3.63, 3.8) is 0 Å². The van der Waals surface area contributed by atoms with E-state index in [1.807, 2.05) is 0 Å². The summed E-state index contributed by atoms with van der Waals surface area (Å²) < 4.78 is 5.47. The molecule has 4 heterocycles. The van der Waals surface area contributed by atoms with Crippen molar-refractivity contribution < 1.29 is 0 Å². The van der Waals surface area contributed by atoms with Gasteiger partial charge in [0.25, 0.3) is 0 Å². The second kappa shape index (κ2) is 13.1. The summed E-state index contributed by atoms with van der Waals surface area (Å²) in [4.78, 5) is 0. The maximum atomic E-state index is 2.76. The fourth-order valence-corrected chi connectivity index (χ4v) is 12.8. The molecule has 1 unspecified atom stereocenters. The van der Waals surface area contributed by atoms with Crippen LogP contribution in [-0.4, -0.2) is 8.97 Å². The molecule has 2 heteroatoms. The average Bonchev–Trinajstić information content (AvgIpc) is 4.06. The Hall–Kier alpha value is -7.68. The summed E-state index contributed by atoms with van der Waals surface area (Å²) in [6.07, 6.45) is 3.55. The van der Waals surface area contributed by atoms with E-state index in [2.05, 4.69) is 226 Å². The molecule has 0 saturated carbocycles. The lowest BCUT2D eigenvalue weighted by molar-refractivity contribution is 0.475. The molecule has 0 N–H and O–H groups in total. The minimum atomic E-state index is -0.0850. The Balaban J connectivity index is 1.25. The van der Waals surface area contributed by atoms with Gasteiger partial charge in [-0.25, -0.2) is 0 Å². The van der Waals surface area contributed by atoms with Gasteiger partial charge in [0.15, 0.2) is 0 Å². The van der Waals surface area contributed by atoms with Crippen LogP contribution in [0.4, 0.5) is 0 Å². The summed E-state index contributed by atoms with van der Waals surface area (Å²) in [5, 5.41) is 16.8. The molecule has 324 valence electrons. The maximum Gasteiger partial charge on any atom is 0.0630 e. The zero-order valence-corrected chi connectivity index (χ0v) is 39.4. The van der Waals surface area contributed by atoms with Gasteiger partial charge in [0.05, 0.1) is 27.8 Å². The molecule has 2 nitrogen and oxygen atoms in total. The van der Waals surface area contributed by atoms with E-state index < -0.39 is 0 Å². The van der Waals surface area contributed by atoms with E-state index >= 15 is 0 Å². The first-order valence-electron chi connectivity index (χ1n) is 24.5. The van der Waals surface area contributed by atoms with Gasteiger partial charge in [-0.05, 0) is 131 Å². The van der Waals surface area contributed by atoms with Gasteiger partial charge in [-0.2, -0.15) is 0 Å². The van der Waals surface area contributed by atoms with E-state index in [-0.39, 0.29) is 16.7 Å². The molecule has 1 aliphatic heterocycles. The van der Waals surface area contributed by atoms with Crippen LogP contribution < -0.4 is 0 Å². The Kier molecular flexibility index (Phi) is 7.38. The molecular weight excluding hydrogens is 821 g/mol. The minimum Gasteiger partial charge on any atom is -0.311 e. The van der Waals surface area contributed by atoms with Crippen LogP contribution >= 0.6 is 0 Å². The Labute approximate surface area is 395 Å². The number of benzene rings is 10. The first-order chi connectivity index (χ1) is 33.0. The molecule has 3 aromatic heterocycles. The van der Waals surface area contributed by atoms with Gasteiger partial charge in [-0.3, -0.25) is 0 Å². The number of nitrogens with zero attached hydrogens (tertiary/aromatic N) is 2. The molecule has 0 spiro atoms. The molecular formula is C66H50N2. The van der Waals surface area contributed by atoms with E-state index in [0.717, 1.165) is 6.42 Å². The second-order valence-corrected chi connectivity index (χ2v) is 22.1. The normalized spacial score (nSPS) is 15.1. The SMILES string of the molecule is CC(C)(C)C1=Cc2c3n(c4cc5ccccc5cc24)-c2c(c(-c4ccc5ccccc5c4)c4c(c2-c2ccc5ccccc5c2)c2cc(C(C)(C)C)cc5c6cc7ccccc7cc6n4c52)C3C1. The summed E-state index contributed by atoms with van der Waals surface area (Å²) in [5.74, 6) is 0.132. The molecule has 0 bridgehead atoms. The van der Waals surface area contributed by atoms with Gasteiger partial charge >= 0.3 is 0 Å². The lowest BCUT2D eigenvalue weighted by Crippen LogP contribution is -2.16. The third-order valence-electron chi connectivity index (χ3n) is 16.2. The van der Waals surface area contributed by atoms with E-state index in [9.17, 15) is 0 Å². The number of fused-ring (bicyclic) bond motifs is 16. The Morgan fingerprint density at radius 1 is 0.441 bits per heavy atom. The average molecular weight is 871 g/mol. The molecule has 1 aliphatic carbocycles. The van der Waals surface area contributed by atoms with Crippen molar-refractivity contribution in [2.45, 2.75) is 59.3 Å². The van der Waals surface area contributed by atoms with Crippen LogP contribution in [-0.2, 0) is 5.41 Å². The van der Waals surface area contributed by atoms with Crippen LogP contribution in [0.25, 0.3) is 126 Å². The molecule has 0 radical (unpaired) electrons. The Morgan fingerprint density at radius 3 is 1.54 bits per heavy atom. The third-order valence-corrected chi connectivity index (χ3v) is 16.2. The van der Waals surface area contributed by atoms with Crippen molar-refractivity contribution in [2.24, 2.45) is 5.41 Å². The van der Waals surface area contributed by atoms with Gasteiger partial charge in [0.1, 0.15) is 0 Å². The van der Waals surface area contributed by atoms with Crippen LogP contribution in [0.1, 0.15) is 76.3 Å². The molecule has 0 saturated heterocycles. The van der Waals surface area contributed by atoms with Crippen LogP contribution in [0.15, 0.2) is 175 Å². The van der Waals surface area contributed by atoms with Gasteiger partial charge in [-0.1, -0.05) is 175 Å². The van der Waals surface area contributed by atoms with E-state index in [0.29, 0.717) is 0 Å². The van der Waals surface area contributed by atoms with Crippen molar-refractivity contribution in [2.75, 3.05) is 0 Å². The molecule has 13 aromatic rings. The van der Waals surface area contributed by atoms with Crippen LogP contribution in [0.5, 0.6) is 0 Å². The number of allylic oxidation sites excluding steroid dienone is 1. The van der Waals surface area contributed by atoms with Crippen molar-refractivity contribution in [3.8, 4) is 27.9 Å². The van der Waals surface area contributed by atoms with Crippen molar-refractivity contribution >= 4 is 98.2 Å². The van der Waals surface area contributed by atoms with Crippen molar-refractivity contribution in [1.29, 1.82) is 0 Å². The number of hydrogen-bond donors (Lipinski definition) is 0. The predicted molar refractivity (Wildman–Crippen MR) is 291 cm³/mol. The molecule has 0 amide bonds. The fraction of sp³-hybridized carbons (Fsp3) is 0.152. The van der Waals surface area contributed by atoms with Gasteiger partial charge in [-0.15, -0.1) is 0 Å². The highest BCUT2D eigenvalue weighted by molar-refractivity contribution is 6.31. The van der Waals surface area contributed by atoms with Crippen LogP contribution in [0, 0.1) is 5.41 Å². The Morgan fingerprint density at radius 2 is 0.956 bits per heavy atom. The predicted octanol–water partition coefficient (Wildman–Crippen LogP) is 18.3. The number of hydrogen-bond acceptors (Lipinski definition) is 0. The van der Waals surface area contributed by atoms with Gasteiger partial charge in [0.2, 0.25) is 0 Å². The van der Waals surface area contributed by atoms with Gasteiger partial charge in [0, 0.05) is 55.2 Å². The quantitative estimate of drug-likeness (QED) is 0.164. The third kappa shape index (κ3) is 5.07. The fourth-order valence-electron chi connectivity index (χ4n) is 12.8. The molecule has 2 aliphatic rings. The molecule has 1 atom stereocenters. The second-order valence-electron chi connectivity index (χ2n) is 22.1. The Bertz CT molecular complexity index is 4420. The van der Waals surface area contributed by atoms with Crippen LogP contribution in [0.3, 0.4) is 0 Å². The molecule has 68 heavy (non-hydrogen) atoms. The highest BCUT2D eigenvalue weighted by atomic mass is 15.0. The van der Waals surface area contributed by atoms with E-state index in [1.165, 1.54) is 148 Å². The molecule has 10 aromatic carbocycles. The number of rotatable bonds is 2. The monoisotopic (exact) mass is 870 g/mol. The van der Waals surface area contributed by atoms with E-state index in [4.69, 9.17) is 0 Å². The zero-order valence-electron chi connectivity index (χ0n) is 39.4. The lowest BCUT2D eigenvalue weighted by atomic mass is 9.72. The topological polar surface area (TPSA) is 9.34 Å². The summed E-state index contributed by atoms with van der Waals surface area (Å²) in [5.41, 5.74) is 18.8. The maximum absolute atomic E-state index is 2.76. The standard InChI is InChI=1S/C66H50N2/c1-65(2,3)47-33-51-49-29-41-19-11-13-21-43(41)31-55(49)67-61(51)53(35-47)59-57(45-25-23-37-15-7-9-17-39(37)27-45)64-60(58(63(59)67)46-26-24-38-16-8-10-18-40(38)28-46)54-36-48(66(4,5)6)34-52-50-30-42-20-12-14-22-44(42)32-56(50)68(64)62(52)54/h7-35,54H,36H2,1-6H3. The first-order valence-corrected chi connectivity index (χ1v) is 24.5. The summed E-state index contributed by atoms with van der Waals surface area (Å²) in [6, 6.07) is 65.3.